The topological polar surface area (TPSA) is 83.6 Å². The molecule has 1 saturated heterocycles. The van der Waals surface area contributed by atoms with Crippen LogP contribution in [0.25, 0.3) is 0 Å². The summed E-state index contributed by atoms with van der Waals surface area (Å²) >= 11 is 0. The van der Waals surface area contributed by atoms with Crippen molar-refractivity contribution in [1.29, 1.82) is 0 Å². The molecule has 0 radical (unpaired) electrons. The zero-order valence-corrected chi connectivity index (χ0v) is 11.8. The summed E-state index contributed by atoms with van der Waals surface area (Å²) in [7, 11) is 0. The number of rotatable bonds is 2. The number of nitrogens with zero attached hydrogens (tertiary/aromatic N) is 1. The molecule has 1 aliphatic heterocycles. The summed E-state index contributed by atoms with van der Waals surface area (Å²) in [6.45, 7) is 3.87. The number of nitrogen functional groups attached to an aromatic ring is 1. The minimum atomic E-state index is -1.13. The van der Waals surface area contributed by atoms with E-state index in [0.717, 1.165) is 12.8 Å². The van der Waals surface area contributed by atoms with Gasteiger partial charge in [0.15, 0.2) is 0 Å². The predicted molar refractivity (Wildman–Crippen MR) is 76.5 cm³/mol. The maximum absolute atomic E-state index is 12.7. The van der Waals surface area contributed by atoms with Crippen LogP contribution in [0, 0.1) is 6.92 Å². The maximum Gasteiger partial charge on any atom is 0.329 e. The number of carbonyl (C=O) groups is 2. The van der Waals surface area contributed by atoms with E-state index in [1.807, 2.05) is 0 Å². The van der Waals surface area contributed by atoms with E-state index in [-0.39, 0.29) is 5.91 Å². The van der Waals surface area contributed by atoms with Crippen molar-refractivity contribution in [2.24, 2.45) is 0 Å². The van der Waals surface area contributed by atoms with Crippen LogP contribution >= 0.6 is 0 Å². The first kappa shape index (κ1) is 14.4. The summed E-state index contributed by atoms with van der Waals surface area (Å²) in [4.78, 5) is 25.7. The second kappa shape index (κ2) is 5.15. The maximum atomic E-state index is 12.7. The summed E-state index contributed by atoms with van der Waals surface area (Å²) in [6.07, 6.45) is 2.13. The standard InChI is InChI=1S/C15H20N2O3/c1-10-11(6-5-7-12(10)16)13(18)17-9-4-3-8-15(17,2)14(19)20/h5-7H,3-4,8-9,16H2,1-2H3,(H,19,20). The summed E-state index contributed by atoms with van der Waals surface area (Å²) in [5.74, 6) is -1.20. The number of hydrogen-bond donors (Lipinski definition) is 2. The number of aliphatic carboxylic acids is 1. The van der Waals surface area contributed by atoms with Gasteiger partial charge in [0.05, 0.1) is 0 Å². The SMILES string of the molecule is Cc1c(N)cccc1C(=O)N1CCCCC1(C)C(=O)O. The number of carboxylic acids is 1. The van der Waals surface area contributed by atoms with Gasteiger partial charge >= 0.3 is 5.97 Å². The molecule has 0 spiro atoms. The molecule has 1 unspecified atom stereocenters. The zero-order valence-electron chi connectivity index (χ0n) is 11.8. The summed E-state index contributed by atoms with van der Waals surface area (Å²) in [5, 5.41) is 9.47. The minimum absolute atomic E-state index is 0.251. The van der Waals surface area contributed by atoms with Crippen LogP contribution in [0.4, 0.5) is 5.69 Å². The largest absolute Gasteiger partial charge is 0.480 e. The summed E-state index contributed by atoms with van der Waals surface area (Å²) < 4.78 is 0. The van der Waals surface area contributed by atoms with Crippen LogP contribution in [0.2, 0.25) is 0 Å². The van der Waals surface area contributed by atoms with E-state index in [9.17, 15) is 14.7 Å². The number of hydrogen-bond acceptors (Lipinski definition) is 3. The van der Waals surface area contributed by atoms with Gasteiger partial charge in [-0.1, -0.05) is 6.07 Å². The van der Waals surface area contributed by atoms with E-state index in [1.165, 1.54) is 4.90 Å². The van der Waals surface area contributed by atoms with Gasteiger partial charge in [-0.25, -0.2) is 4.79 Å². The van der Waals surface area contributed by atoms with E-state index >= 15 is 0 Å². The molecule has 2 rings (SSSR count). The van der Waals surface area contributed by atoms with Crippen LogP contribution in [-0.4, -0.2) is 34.0 Å². The molecule has 3 N–H and O–H groups in total. The Morgan fingerprint density at radius 1 is 1.35 bits per heavy atom. The Balaban J connectivity index is 2.40. The monoisotopic (exact) mass is 276 g/mol. The molecular weight excluding hydrogens is 256 g/mol. The fourth-order valence-electron chi connectivity index (χ4n) is 2.70. The molecule has 20 heavy (non-hydrogen) atoms. The number of nitrogens with two attached hydrogens (primary N) is 1. The lowest BCUT2D eigenvalue weighted by Crippen LogP contribution is -2.57. The lowest BCUT2D eigenvalue weighted by Gasteiger charge is -2.41. The third kappa shape index (κ3) is 2.24. The molecule has 5 nitrogen and oxygen atoms in total. The number of carbonyl (C=O) groups excluding carboxylic acids is 1. The van der Waals surface area contributed by atoms with Crippen LogP contribution in [0.15, 0.2) is 18.2 Å². The molecule has 5 heteroatoms. The van der Waals surface area contributed by atoms with Crippen molar-refractivity contribution < 1.29 is 14.7 Å². The third-order valence-electron chi connectivity index (χ3n) is 4.20. The molecule has 1 amide bonds. The molecule has 1 aromatic rings. The fraction of sp³-hybridized carbons (Fsp3) is 0.467. The first-order valence-corrected chi connectivity index (χ1v) is 6.78. The Morgan fingerprint density at radius 2 is 2.05 bits per heavy atom. The van der Waals surface area contributed by atoms with E-state index in [1.54, 1.807) is 32.0 Å². The molecule has 0 bridgehead atoms. The van der Waals surface area contributed by atoms with E-state index in [2.05, 4.69) is 0 Å². The Hall–Kier alpha value is -2.04. The van der Waals surface area contributed by atoms with E-state index in [4.69, 9.17) is 5.73 Å². The Bertz CT molecular complexity index is 556. The second-order valence-electron chi connectivity index (χ2n) is 5.51. The van der Waals surface area contributed by atoms with Crippen LogP contribution in [0.5, 0.6) is 0 Å². The highest BCUT2D eigenvalue weighted by Gasteiger charge is 2.44. The highest BCUT2D eigenvalue weighted by Crippen LogP contribution is 2.31. The van der Waals surface area contributed by atoms with Crippen molar-refractivity contribution in [2.45, 2.75) is 38.6 Å². The second-order valence-corrected chi connectivity index (χ2v) is 5.51. The normalized spacial score (nSPS) is 22.6. The van der Waals surface area contributed by atoms with Crippen molar-refractivity contribution in [1.82, 2.24) is 4.90 Å². The average molecular weight is 276 g/mol. The molecule has 108 valence electrons. The number of likely N-dealkylation sites (tertiary alicyclic amines) is 1. The number of carboxylic acid groups (broad SMARTS) is 1. The van der Waals surface area contributed by atoms with Gasteiger partial charge in [0.2, 0.25) is 0 Å². The van der Waals surface area contributed by atoms with Crippen molar-refractivity contribution >= 4 is 17.6 Å². The van der Waals surface area contributed by atoms with Crippen LogP contribution in [-0.2, 0) is 4.79 Å². The molecule has 1 aromatic carbocycles. The number of anilines is 1. The number of piperidine rings is 1. The summed E-state index contributed by atoms with van der Waals surface area (Å²) in [6, 6.07) is 5.15. The molecule has 1 fully saturated rings. The highest BCUT2D eigenvalue weighted by atomic mass is 16.4. The van der Waals surface area contributed by atoms with Crippen LogP contribution in [0.1, 0.15) is 42.1 Å². The minimum Gasteiger partial charge on any atom is -0.480 e. The molecule has 1 heterocycles. The smallest absolute Gasteiger partial charge is 0.329 e. The summed E-state index contributed by atoms with van der Waals surface area (Å²) in [5.41, 5.74) is 6.43. The van der Waals surface area contributed by atoms with Gasteiger partial charge in [0.25, 0.3) is 5.91 Å². The highest BCUT2D eigenvalue weighted by molar-refractivity contribution is 6.00. The third-order valence-corrected chi connectivity index (χ3v) is 4.20. The van der Waals surface area contributed by atoms with Gasteiger partial charge in [-0.15, -0.1) is 0 Å². The first-order chi connectivity index (χ1) is 9.38. The van der Waals surface area contributed by atoms with Crippen molar-refractivity contribution in [3.63, 3.8) is 0 Å². The fourth-order valence-corrected chi connectivity index (χ4v) is 2.70. The number of benzene rings is 1. The van der Waals surface area contributed by atoms with Gasteiger partial charge in [0.1, 0.15) is 5.54 Å². The number of amides is 1. The van der Waals surface area contributed by atoms with Gasteiger partial charge in [-0.3, -0.25) is 4.79 Å². The van der Waals surface area contributed by atoms with Crippen molar-refractivity contribution in [3.8, 4) is 0 Å². The first-order valence-electron chi connectivity index (χ1n) is 6.78. The molecule has 1 atom stereocenters. The van der Waals surface area contributed by atoms with Crippen LogP contribution in [0.3, 0.4) is 0 Å². The Kier molecular flexibility index (Phi) is 3.70. The van der Waals surface area contributed by atoms with Gasteiger partial charge in [-0.05, 0) is 50.8 Å². The molecule has 0 aromatic heterocycles. The van der Waals surface area contributed by atoms with E-state index < -0.39 is 11.5 Å². The molecule has 1 aliphatic rings. The van der Waals surface area contributed by atoms with Crippen LogP contribution < -0.4 is 5.73 Å². The molecule has 0 aliphatic carbocycles. The Labute approximate surface area is 118 Å². The lowest BCUT2D eigenvalue weighted by atomic mass is 9.87. The predicted octanol–water partition coefficient (Wildman–Crippen LogP) is 2.05. The van der Waals surface area contributed by atoms with Gasteiger partial charge in [0, 0.05) is 17.8 Å². The van der Waals surface area contributed by atoms with Gasteiger partial charge < -0.3 is 15.7 Å². The zero-order chi connectivity index (χ0) is 14.9. The lowest BCUT2D eigenvalue weighted by molar-refractivity contribution is -0.150. The quantitative estimate of drug-likeness (QED) is 0.810. The van der Waals surface area contributed by atoms with Crippen molar-refractivity contribution in [3.05, 3.63) is 29.3 Å². The van der Waals surface area contributed by atoms with E-state index in [0.29, 0.717) is 29.8 Å². The van der Waals surface area contributed by atoms with Gasteiger partial charge in [-0.2, -0.15) is 0 Å². The molecular formula is C15H20N2O3. The Morgan fingerprint density at radius 3 is 2.70 bits per heavy atom. The average Bonchev–Trinajstić information content (AvgIpc) is 2.41. The van der Waals surface area contributed by atoms with Crippen molar-refractivity contribution in [2.75, 3.05) is 12.3 Å². The molecule has 0 saturated carbocycles.